The molecule has 0 atom stereocenters. The Morgan fingerprint density at radius 2 is 0.903 bits per heavy atom. The van der Waals surface area contributed by atoms with Crippen LogP contribution in [0.25, 0.3) is 0 Å². The molecule has 3 rings (SSSR count). The number of hydrogen-bond acceptors (Lipinski definition) is 3. The van der Waals surface area contributed by atoms with Crippen molar-refractivity contribution in [2.75, 3.05) is 0 Å². The Morgan fingerprint density at radius 1 is 0.613 bits per heavy atom. The van der Waals surface area contributed by atoms with Gasteiger partial charge in [-0.3, -0.25) is 0 Å². The van der Waals surface area contributed by atoms with E-state index in [0.29, 0.717) is 0 Å². The SMILES string of the molecule is C/C(=N\c1c(Br)cccc1Br)c1cccc(/C(C)=N/c2c(Br)cccc2Br)n1.[Cl-].[Cl-].[Fe+2]. The monoisotopic (exact) mass is 751 g/mol. The van der Waals surface area contributed by atoms with Crippen LogP contribution in [0.15, 0.2) is 82.5 Å². The third-order valence-electron chi connectivity index (χ3n) is 3.92. The predicted octanol–water partition coefficient (Wildman–Crippen LogP) is 2.42. The molecule has 31 heavy (non-hydrogen) atoms. The van der Waals surface area contributed by atoms with Crippen LogP contribution < -0.4 is 24.8 Å². The number of aliphatic imine (C=N–C) groups is 2. The molecule has 164 valence electrons. The van der Waals surface area contributed by atoms with Gasteiger partial charge < -0.3 is 24.8 Å². The van der Waals surface area contributed by atoms with E-state index in [4.69, 9.17) is 15.0 Å². The standard InChI is InChI=1S/C21H15Br4N3.2ClH.Fe/c1-12(26-20-14(22)6-3-7-15(20)23)18-10-5-11-19(28-18)13(2)27-21-16(24)8-4-9-17(21)25;;;/h3-11H,1-2H3;2*1H;/q;;;+2/p-2/b26-12+,27-13+;;;. The minimum absolute atomic E-state index is 0. The molecule has 0 radical (unpaired) electrons. The summed E-state index contributed by atoms with van der Waals surface area (Å²) < 4.78 is 3.70. The third kappa shape index (κ3) is 8.04. The second-order valence-electron chi connectivity index (χ2n) is 5.94. The van der Waals surface area contributed by atoms with Gasteiger partial charge in [0.05, 0.1) is 34.2 Å². The van der Waals surface area contributed by atoms with Gasteiger partial charge in [0.2, 0.25) is 0 Å². The maximum atomic E-state index is 4.76. The van der Waals surface area contributed by atoms with Gasteiger partial charge in [-0.15, -0.1) is 0 Å². The predicted molar refractivity (Wildman–Crippen MR) is 132 cm³/mol. The molecule has 0 N–H and O–H groups in total. The Bertz CT molecular complexity index is 984. The maximum Gasteiger partial charge on any atom is 2.00 e. The molecule has 0 aliphatic heterocycles. The summed E-state index contributed by atoms with van der Waals surface area (Å²) in [6, 6.07) is 17.7. The molecule has 0 saturated carbocycles. The van der Waals surface area contributed by atoms with Crippen molar-refractivity contribution in [3.05, 3.63) is 83.9 Å². The molecule has 2 aromatic carbocycles. The summed E-state index contributed by atoms with van der Waals surface area (Å²) in [5.41, 5.74) is 4.94. The molecule has 0 unspecified atom stereocenters. The fourth-order valence-corrected chi connectivity index (χ4v) is 4.83. The molecule has 0 fully saturated rings. The average Bonchev–Trinajstić information content (AvgIpc) is 2.67. The van der Waals surface area contributed by atoms with Gasteiger partial charge in [-0.05, 0) is 114 Å². The van der Waals surface area contributed by atoms with Crippen molar-refractivity contribution in [1.82, 2.24) is 4.98 Å². The Hall–Kier alpha value is -0.0505. The second-order valence-corrected chi connectivity index (χ2v) is 9.36. The van der Waals surface area contributed by atoms with E-state index in [9.17, 15) is 0 Å². The van der Waals surface area contributed by atoms with Crippen LogP contribution in [0.3, 0.4) is 0 Å². The zero-order valence-electron chi connectivity index (χ0n) is 16.2. The van der Waals surface area contributed by atoms with E-state index >= 15 is 0 Å². The van der Waals surface area contributed by atoms with E-state index < -0.39 is 0 Å². The van der Waals surface area contributed by atoms with Gasteiger partial charge in [0.25, 0.3) is 0 Å². The fraction of sp³-hybridized carbons (Fsp3) is 0.0952. The van der Waals surface area contributed by atoms with E-state index in [1.165, 1.54) is 0 Å². The van der Waals surface area contributed by atoms with Crippen LogP contribution in [0, 0.1) is 0 Å². The summed E-state index contributed by atoms with van der Waals surface area (Å²) in [5, 5.41) is 0. The smallest absolute Gasteiger partial charge is 1.00 e. The fourth-order valence-electron chi connectivity index (χ4n) is 2.48. The first kappa shape index (κ1) is 30.9. The summed E-state index contributed by atoms with van der Waals surface area (Å²) in [7, 11) is 0. The molecule has 0 aliphatic rings. The van der Waals surface area contributed by atoms with Gasteiger partial charge in [0.1, 0.15) is 0 Å². The normalized spacial score (nSPS) is 11.2. The van der Waals surface area contributed by atoms with Crippen molar-refractivity contribution in [2.45, 2.75) is 13.8 Å². The molecule has 3 aromatic rings. The van der Waals surface area contributed by atoms with Gasteiger partial charge in [-0.25, -0.2) is 15.0 Å². The number of nitrogens with zero attached hydrogens (tertiary/aromatic N) is 3. The minimum atomic E-state index is 0. The molecule has 0 spiro atoms. The average molecular weight is 756 g/mol. The van der Waals surface area contributed by atoms with Crippen LogP contribution >= 0.6 is 63.7 Å². The van der Waals surface area contributed by atoms with Gasteiger partial charge in [-0.2, -0.15) is 0 Å². The zero-order valence-corrected chi connectivity index (χ0v) is 25.1. The Balaban J connectivity index is 0.00000300. The summed E-state index contributed by atoms with van der Waals surface area (Å²) in [5.74, 6) is 0. The molecule has 1 aromatic heterocycles. The van der Waals surface area contributed by atoms with Crippen molar-refractivity contribution in [3.63, 3.8) is 0 Å². The molecule has 0 saturated heterocycles. The van der Waals surface area contributed by atoms with Crippen molar-refractivity contribution in [2.24, 2.45) is 9.98 Å². The summed E-state index contributed by atoms with van der Waals surface area (Å²) in [6.45, 7) is 3.91. The molecule has 3 nitrogen and oxygen atoms in total. The van der Waals surface area contributed by atoms with E-state index in [2.05, 4.69) is 63.7 Å². The largest absolute Gasteiger partial charge is 2.00 e. The topological polar surface area (TPSA) is 37.6 Å². The van der Waals surface area contributed by atoms with Crippen LogP contribution in [0.2, 0.25) is 0 Å². The molecular weight excluding hydrogens is 741 g/mol. The maximum absolute atomic E-state index is 4.76. The number of halogens is 6. The number of aromatic nitrogens is 1. The van der Waals surface area contributed by atoms with Crippen molar-refractivity contribution in [3.8, 4) is 0 Å². The number of para-hydroxylation sites is 2. The number of hydrogen-bond donors (Lipinski definition) is 0. The first-order valence-corrected chi connectivity index (χ1v) is 11.5. The number of pyridine rings is 1. The van der Waals surface area contributed by atoms with E-state index in [1.807, 2.05) is 68.4 Å². The van der Waals surface area contributed by atoms with Crippen LogP contribution in [0.5, 0.6) is 0 Å². The van der Waals surface area contributed by atoms with Crippen molar-refractivity contribution < 1.29 is 41.9 Å². The van der Waals surface area contributed by atoms with Gasteiger partial charge in [0.15, 0.2) is 0 Å². The van der Waals surface area contributed by atoms with E-state index in [-0.39, 0.29) is 41.9 Å². The summed E-state index contributed by atoms with van der Waals surface area (Å²) in [6.07, 6.45) is 0. The van der Waals surface area contributed by atoms with E-state index in [0.717, 1.165) is 52.1 Å². The Kier molecular flexibility index (Phi) is 14.2. The van der Waals surface area contributed by atoms with Crippen LogP contribution in [-0.4, -0.2) is 16.4 Å². The number of rotatable bonds is 4. The van der Waals surface area contributed by atoms with Crippen molar-refractivity contribution >= 4 is 86.5 Å². The first-order valence-electron chi connectivity index (χ1n) is 8.33. The Morgan fingerprint density at radius 3 is 1.23 bits per heavy atom. The van der Waals surface area contributed by atoms with Gasteiger partial charge in [-0.1, -0.05) is 18.2 Å². The van der Waals surface area contributed by atoms with Gasteiger partial charge in [0, 0.05) is 17.9 Å². The molecule has 0 bridgehead atoms. The third-order valence-corrected chi connectivity index (χ3v) is 6.48. The molecular formula is C21H15Br4Cl2FeN3. The van der Waals surface area contributed by atoms with Crippen LogP contribution in [0.1, 0.15) is 25.2 Å². The zero-order chi connectivity index (χ0) is 20.3. The quantitative estimate of drug-likeness (QED) is 0.298. The van der Waals surface area contributed by atoms with Gasteiger partial charge >= 0.3 is 17.1 Å². The van der Waals surface area contributed by atoms with E-state index in [1.54, 1.807) is 0 Å². The molecule has 1 heterocycles. The molecule has 10 heteroatoms. The first-order chi connectivity index (χ1) is 13.4. The minimum Gasteiger partial charge on any atom is -1.00 e. The second kappa shape index (κ2) is 14.3. The summed E-state index contributed by atoms with van der Waals surface area (Å²) >= 11 is 14.2. The Labute approximate surface area is 238 Å². The van der Waals surface area contributed by atoms with Crippen molar-refractivity contribution in [1.29, 1.82) is 0 Å². The number of benzene rings is 2. The molecule has 0 aliphatic carbocycles. The summed E-state index contributed by atoms with van der Waals surface area (Å²) in [4.78, 5) is 14.3. The van der Waals surface area contributed by atoms with Crippen LogP contribution in [-0.2, 0) is 17.1 Å². The van der Waals surface area contributed by atoms with Crippen LogP contribution in [0.4, 0.5) is 11.4 Å². The molecule has 0 amide bonds.